The lowest BCUT2D eigenvalue weighted by molar-refractivity contribution is -0.118. The van der Waals surface area contributed by atoms with Gasteiger partial charge in [-0.25, -0.2) is 0 Å². The number of carbonyl (C=O) groups is 2. The number of aryl methyl sites for hydroxylation is 1. The van der Waals surface area contributed by atoms with Crippen molar-refractivity contribution in [2.45, 2.75) is 36.9 Å². The van der Waals surface area contributed by atoms with Gasteiger partial charge in [0, 0.05) is 41.5 Å². The van der Waals surface area contributed by atoms with Crippen molar-refractivity contribution in [3.63, 3.8) is 0 Å². The molecule has 2 aromatic heterocycles. The van der Waals surface area contributed by atoms with Gasteiger partial charge in [-0.1, -0.05) is 30.0 Å². The van der Waals surface area contributed by atoms with Crippen molar-refractivity contribution in [2.75, 3.05) is 5.75 Å². The Morgan fingerprint density at radius 3 is 2.85 bits per heavy atom. The van der Waals surface area contributed by atoms with Crippen molar-refractivity contribution >= 4 is 34.4 Å². The number of nitrogens with zero attached hydrogens (tertiary/aromatic N) is 3. The average molecular weight is 369 g/mol. The number of thioether (sulfide) groups is 1. The first-order valence-electron chi connectivity index (χ1n) is 8.57. The Kier molecular flexibility index (Phi) is 4.50. The first kappa shape index (κ1) is 16.8. The number of H-pyrrole nitrogens is 1. The average Bonchev–Trinajstić information content (AvgIpc) is 3.24. The number of aromatic amines is 1. The molecule has 1 fully saturated rings. The highest BCUT2D eigenvalue weighted by Gasteiger charge is 2.30. The van der Waals surface area contributed by atoms with E-state index in [1.54, 1.807) is 6.20 Å². The predicted octanol–water partition coefficient (Wildman–Crippen LogP) is 2.49. The number of hydrogen-bond donors (Lipinski definition) is 2. The number of rotatable bonds is 8. The number of carbonyl (C=O) groups excluding carboxylic acids is 2. The molecule has 7 nitrogen and oxygen atoms in total. The Morgan fingerprint density at radius 1 is 1.27 bits per heavy atom. The molecule has 1 saturated carbocycles. The highest BCUT2D eigenvalue weighted by Crippen LogP contribution is 2.39. The standard InChI is InChI=1S/C18H19N5O2S/c19-16(25)7-8-17-21-22-18(23(17)11-5-6-11)26-10-15(24)13-9-20-14-4-2-1-3-12(13)14/h1-4,9,11,20H,5-8,10H2,(H2,19,25). The minimum Gasteiger partial charge on any atom is -0.370 e. The largest absolute Gasteiger partial charge is 0.370 e. The number of aromatic nitrogens is 4. The molecule has 4 rings (SSSR count). The molecule has 0 spiro atoms. The summed E-state index contributed by atoms with van der Waals surface area (Å²) in [7, 11) is 0. The van der Waals surface area contributed by atoms with E-state index in [-0.39, 0.29) is 18.1 Å². The van der Waals surface area contributed by atoms with Gasteiger partial charge in [0.05, 0.1) is 5.75 Å². The summed E-state index contributed by atoms with van der Waals surface area (Å²) >= 11 is 1.40. The third-order valence-electron chi connectivity index (χ3n) is 4.46. The highest BCUT2D eigenvalue weighted by molar-refractivity contribution is 7.99. The van der Waals surface area contributed by atoms with Crippen molar-refractivity contribution in [1.29, 1.82) is 0 Å². The highest BCUT2D eigenvalue weighted by atomic mass is 32.2. The quantitative estimate of drug-likeness (QED) is 0.469. The molecule has 0 bridgehead atoms. The molecule has 8 heteroatoms. The van der Waals surface area contributed by atoms with Gasteiger partial charge in [0.1, 0.15) is 5.82 Å². The lowest BCUT2D eigenvalue weighted by Gasteiger charge is -2.07. The van der Waals surface area contributed by atoms with Crippen LogP contribution in [-0.4, -0.2) is 37.2 Å². The van der Waals surface area contributed by atoms with Gasteiger partial charge in [-0.3, -0.25) is 9.59 Å². The van der Waals surface area contributed by atoms with Crippen LogP contribution >= 0.6 is 11.8 Å². The minimum absolute atomic E-state index is 0.0523. The summed E-state index contributed by atoms with van der Waals surface area (Å²) in [6, 6.07) is 8.13. The number of nitrogens with one attached hydrogen (secondary N) is 1. The van der Waals surface area contributed by atoms with Crippen LogP contribution in [0.3, 0.4) is 0 Å². The van der Waals surface area contributed by atoms with Crippen LogP contribution in [0, 0.1) is 0 Å². The van der Waals surface area contributed by atoms with Crippen LogP contribution in [0.5, 0.6) is 0 Å². The molecule has 0 aliphatic heterocycles. The van der Waals surface area contributed by atoms with Crippen LogP contribution < -0.4 is 5.73 Å². The zero-order valence-electron chi connectivity index (χ0n) is 14.1. The Balaban J connectivity index is 1.49. The van der Waals surface area contributed by atoms with E-state index in [1.165, 1.54) is 11.8 Å². The second-order valence-electron chi connectivity index (χ2n) is 6.43. The van der Waals surface area contributed by atoms with Crippen LogP contribution in [0.1, 0.15) is 41.5 Å². The molecule has 0 saturated heterocycles. The molecule has 0 radical (unpaired) electrons. The second-order valence-corrected chi connectivity index (χ2v) is 7.37. The minimum atomic E-state index is -0.348. The number of hydrogen-bond acceptors (Lipinski definition) is 5. The number of amides is 1. The molecule has 1 amide bonds. The number of primary amides is 1. The summed E-state index contributed by atoms with van der Waals surface area (Å²) in [6.07, 6.45) is 4.65. The number of ketones is 1. The Labute approximate surface area is 154 Å². The Bertz CT molecular complexity index is 973. The topological polar surface area (TPSA) is 107 Å². The van der Waals surface area contributed by atoms with E-state index in [0.717, 1.165) is 34.7 Å². The van der Waals surface area contributed by atoms with Gasteiger partial charge in [-0.05, 0) is 18.9 Å². The molecule has 26 heavy (non-hydrogen) atoms. The van der Waals surface area contributed by atoms with E-state index < -0.39 is 0 Å². The lowest BCUT2D eigenvalue weighted by Crippen LogP contribution is -2.13. The second kappa shape index (κ2) is 6.95. The van der Waals surface area contributed by atoms with Crippen molar-refractivity contribution in [3.8, 4) is 0 Å². The van der Waals surface area contributed by atoms with Crippen LogP contribution in [-0.2, 0) is 11.2 Å². The number of Topliss-reactive ketones (excluding diaryl/α,β-unsaturated/α-hetero) is 1. The number of benzene rings is 1. The van der Waals surface area contributed by atoms with Gasteiger partial charge in [0.2, 0.25) is 5.91 Å². The molecule has 0 unspecified atom stereocenters. The predicted molar refractivity (Wildman–Crippen MR) is 99.2 cm³/mol. The number of fused-ring (bicyclic) bond motifs is 1. The lowest BCUT2D eigenvalue weighted by atomic mass is 10.1. The normalized spacial score (nSPS) is 14.0. The maximum absolute atomic E-state index is 12.7. The van der Waals surface area contributed by atoms with E-state index in [9.17, 15) is 9.59 Å². The first-order valence-corrected chi connectivity index (χ1v) is 9.56. The van der Waals surface area contributed by atoms with Gasteiger partial charge < -0.3 is 15.3 Å². The summed E-state index contributed by atoms with van der Waals surface area (Å²) in [5.74, 6) is 0.770. The van der Waals surface area contributed by atoms with Crippen molar-refractivity contribution < 1.29 is 9.59 Å². The first-order chi connectivity index (χ1) is 12.6. The third kappa shape index (κ3) is 3.37. The maximum atomic E-state index is 12.7. The van der Waals surface area contributed by atoms with Gasteiger partial charge >= 0.3 is 0 Å². The molecule has 134 valence electrons. The smallest absolute Gasteiger partial charge is 0.217 e. The Morgan fingerprint density at radius 2 is 2.08 bits per heavy atom. The van der Waals surface area contributed by atoms with Crippen LogP contribution in [0.15, 0.2) is 35.6 Å². The molecule has 2 heterocycles. The van der Waals surface area contributed by atoms with Crippen molar-refractivity contribution in [3.05, 3.63) is 41.9 Å². The molecule has 3 aromatic rings. The summed E-state index contributed by atoms with van der Waals surface area (Å²) in [6.45, 7) is 0. The Hall–Kier alpha value is -2.61. The van der Waals surface area contributed by atoms with Gasteiger partial charge in [-0.2, -0.15) is 0 Å². The van der Waals surface area contributed by atoms with Crippen LogP contribution in [0.2, 0.25) is 0 Å². The number of nitrogens with two attached hydrogens (primary N) is 1. The van der Waals surface area contributed by atoms with Crippen molar-refractivity contribution in [1.82, 2.24) is 19.7 Å². The van der Waals surface area contributed by atoms with Gasteiger partial charge in [0.25, 0.3) is 0 Å². The van der Waals surface area contributed by atoms with Crippen LogP contribution in [0.25, 0.3) is 10.9 Å². The zero-order chi connectivity index (χ0) is 18.1. The molecular weight excluding hydrogens is 350 g/mol. The van der Waals surface area contributed by atoms with E-state index in [4.69, 9.17) is 5.73 Å². The monoisotopic (exact) mass is 369 g/mol. The third-order valence-corrected chi connectivity index (χ3v) is 5.41. The fourth-order valence-electron chi connectivity index (χ4n) is 3.02. The molecule has 1 aliphatic rings. The number of para-hydroxylation sites is 1. The van der Waals surface area contributed by atoms with E-state index in [2.05, 4.69) is 19.7 Å². The fraction of sp³-hybridized carbons (Fsp3) is 0.333. The molecular formula is C18H19N5O2S. The zero-order valence-corrected chi connectivity index (χ0v) is 15.0. The van der Waals surface area contributed by atoms with E-state index in [0.29, 0.717) is 23.8 Å². The van der Waals surface area contributed by atoms with E-state index >= 15 is 0 Å². The molecule has 3 N–H and O–H groups in total. The van der Waals surface area contributed by atoms with Gasteiger partial charge in [-0.15, -0.1) is 10.2 Å². The maximum Gasteiger partial charge on any atom is 0.217 e. The van der Waals surface area contributed by atoms with Crippen molar-refractivity contribution in [2.24, 2.45) is 5.73 Å². The summed E-state index contributed by atoms with van der Waals surface area (Å²) in [4.78, 5) is 26.8. The van der Waals surface area contributed by atoms with Gasteiger partial charge in [0.15, 0.2) is 10.9 Å². The summed E-state index contributed by atoms with van der Waals surface area (Å²) in [5, 5.41) is 10.1. The summed E-state index contributed by atoms with van der Waals surface area (Å²) < 4.78 is 2.07. The van der Waals surface area contributed by atoms with E-state index in [1.807, 2.05) is 24.3 Å². The summed E-state index contributed by atoms with van der Waals surface area (Å²) in [5.41, 5.74) is 6.89. The SMILES string of the molecule is NC(=O)CCc1nnc(SCC(=O)c2c[nH]c3ccccc23)n1C1CC1. The van der Waals surface area contributed by atoms with Crippen LogP contribution in [0.4, 0.5) is 0 Å². The molecule has 0 atom stereocenters. The molecule has 1 aliphatic carbocycles. The molecule has 1 aromatic carbocycles. The fourth-order valence-corrected chi connectivity index (χ4v) is 3.93.